The average Bonchev–Trinajstić information content (AvgIpc) is 3.29. The molecular formula is C53H42N4. The van der Waals surface area contributed by atoms with E-state index in [1.54, 1.807) is 0 Å². The SMILES string of the molecule is CC1CC=C(c2cc(-c3nc(-c4ccc(C5=CCCC=N5)cc4)cc(-c4ccc(C5=NC=CCC5)cc4)n3)cc(-c3cccc4ccccc34)c2)c2ccccc21. The Morgan fingerprint density at radius 3 is 2.00 bits per heavy atom. The molecule has 0 fully saturated rings. The van der Waals surface area contributed by atoms with Gasteiger partial charge < -0.3 is 0 Å². The Hall–Kier alpha value is -6.78. The lowest BCUT2D eigenvalue weighted by atomic mass is 9.80. The maximum atomic E-state index is 5.37. The molecular weight excluding hydrogens is 693 g/mol. The van der Waals surface area contributed by atoms with Crippen LogP contribution < -0.4 is 0 Å². The van der Waals surface area contributed by atoms with Crippen LogP contribution in [0.2, 0.25) is 0 Å². The normalized spacial score (nSPS) is 16.2. The summed E-state index contributed by atoms with van der Waals surface area (Å²) in [5, 5.41) is 2.44. The molecule has 0 spiro atoms. The van der Waals surface area contributed by atoms with E-state index >= 15 is 0 Å². The van der Waals surface area contributed by atoms with Gasteiger partial charge in [-0.15, -0.1) is 0 Å². The number of rotatable bonds is 7. The first-order valence-corrected chi connectivity index (χ1v) is 20.1. The minimum absolute atomic E-state index is 0.467. The smallest absolute Gasteiger partial charge is 0.160 e. The monoisotopic (exact) mass is 734 g/mol. The molecule has 0 saturated carbocycles. The topological polar surface area (TPSA) is 50.5 Å². The number of aromatic nitrogens is 2. The predicted octanol–water partition coefficient (Wildman–Crippen LogP) is 13.5. The van der Waals surface area contributed by atoms with E-state index in [1.165, 1.54) is 38.6 Å². The van der Waals surface area contributed by atoms with Gasteiger partial charge in [0.05, 0.1) is 17.1 Å². The number of nitrogens with zero attached hydrogens (tertiary/aromatic N) is 4. The number of fused-ring (bicyclic) bond motifs is 2. The highest BCUT2D eigenvalue weighted by Gasteiger charge is 2.22. The lowest BCUT2D eigenvalue weighted by Crippen LogP contribution is -2.05. The van der Waals surface area contributed by atoms with E-state index in [4.69, 9.17) is 9.97 Å². The average molecular weight is 735 g/mol. The van der Waals surface area contributed by atoms with Crippen molar-refractivity contribution >= 4 is 34.0 Å². The molecule has 0 N–H and O–H groups in total. The number of aliphatic imine (C=N–C) groups is 2. The lowest BCUT2D eigenvalue weighted by molar-refractivity contribution is 0.768. The van der Waals surface area contributed by atoms with Gasteiger partial charge in [0.25, 0.3) is 0 Å². The molecule has 4 heteroatoms. The second kappa shape index (κ2) is 15.0. The zero-order chi connectivity index (χ0) is 38.1. The van der Waals surface area contributed by atoms with Crippen molar-refractivity contribution in [2.75, 3.05) is 0 Å². The molecule has 0 saturated heterocycles. The minimum Gasteiger partial charge on any atom is -0.261 e. The molecule has 6 aromatic carbocycles. The fourth-order valence-corrected chi connectivity index (χ4v) is 8.46. The van der Waals surface area contributed by atoms with Crippen molar-refractivity contribution in [2.24, 2.45) is 9.98 Å². The van der Waals surface area contributed by atoms with Crippen LogP contribution in [0.25, 0.3) is 67.1 Å². The van der Waals surface area contributed by atoms with E-state index in [1.807, 2.05) is 12.4 Å². The van der Waals surface area contributed by atoms with E-state index in [2.05, 4.69) is 175 Å². The van der Waals surface area contributed by atoms with Crippen molar-refractivity contribution in [3.8, 4) is 45.0 Å². The Balaban J connectivity index is 1.16. The highest BCUT2D eigenvalue weighted by atomic mass is 14.9. The molecule has 2 aliphatic heterocycles. The van der Waals surface area contributed by atoms with Crippen molar-refractivity contribution in [2.45, 2.75) is 44.9 Å². The number of benzene rings is 6. The summed E-state index contributed by atoms with van der Waals surface area (Å²) in [6.45, 7) is 2.32. The van der Waals surface area contributed by atoms with Crippen LogP contribution in [0.1, 0.15) is 72.8 Å². The highest BCUT2D eigenvalue weighted by Crippen LogP contribution is 2.41. The van der Waals surface area contributed by atoms with Gasteiger partial charge in [-0.1, -0.05) is 140 Å². The van der Waals surface area contributed by atoms with Crippen LogP contribution in [0.3, 0.4) is 0 Å². The third-order valence-corrected chi connectivity index (χ3v) is 11.5. The molecule has 7 aromatic rings. The van der Waals surface area contributed by atoms with Crippen LogP contribution >= 0.6 is 0 Å². The van der Waals surface area contributed by atoms with Crippen molar-refractivity contribution in [1.82, 2.24) is 9.97 Å². The molecule has 3 heterocycles. The first kappa shape index (κ1) is 34.7. The number of allylic oxidation sites excluding steroid dienone is 3. The summed E-state index contributed by atoms with van der Waals surface area (Å²) in [4.78, 5) is 20.1. The zero-order valence-electron chi connectivity index (χ0n) is 32.1. The van der Waals surface area contributed by atoms with Crippen LogP contribution in [0, 0.1) is 0 Å². The summed E-state index contributed by atoms with van der Waals surface area (Å²) in [6, 6.07) is 50.5. The lowest BCUT2D eigenvalue weighted by Gasteiger charge is -2.24. The molecule has 1 atom stereocenters. The van der Waals surface area contributed by atoms with E-state index in [0.29, 0.717) is 11.7 Å². The first-order chi connectivity index (χ1) is 28.1. The van der Waals surface area contributed by atoms with Crippen LogP contribution in [0.5, 0.6) is 0 Å². The summed E-state index contributed by atoms with van der Waals surface area (Å²) in [7, 11) is 0. The van der Waals surface area contributed by atoms with Crippen LogP contribution in [0.4, 0.5) is 0 Å². The summed E-state index contributed by atoms with van der Waals surface area (Å²) in [6.07, 6.45) is 15.7. The zero-order valence-corrected chi connectivity index (χ0v) is 32.1. The Kier molecular flexibility index (Phi) is 9.16. The van der Waals surface area contributed by atoms with Gasteiger partial charge >= 0.3 is 0 Å². The molecule has 1 aromatic heterocycles. The van der Waals surface area contributed by atoms with Gasteiger partial charge in [0.15, 0.2) is 5.82 Å². The van der Waals surface area contributed by atoms with Gasteiger partial charge in [-0.05, 0) is 118 Å². The molecule has 57 heavy (non-hydrogen) atoms. The maximum absolute atomic E-state index is 5.37. The standard InChI is InChI=1S/C53H42N4/c1-35-19-28-47(48-15-5-4-13-44(35)48)42-31-41(46-16-10-12-36-11-2-3-14-45(36)46)32-43(33-42)53-56-51(39-24-20-37(21-25-39)49-17-6-8-29-54-49)34-52(57-53)40-26-22-38(23-27-40)50-18-7-9-30-55-50/h2-5,8,10-16,18,20-35H,6-7,9,17,19H2,1H3. The van der Waals surface area contributed by atoms with Crippen molar-refractivity contribution < 1.29 is 0 Å². The fourth-order valence-electron chi connectivity index (χ4n) is 8.46. The summed E-state index contributed by atoms with van der Waals surface area (Å²) >= 11 is 0. The third-order valence-electron chi connectivity index (χ3n) is 11.5. The van der Waals surface area contributed by atoms with E-state index in [9.17, 15) is 0 Å². The Bertz CT molecular complexity index is 2810. The predicted molar refractivity (Wildman–Crippen MR) is 238 cm³/mol. The quantitative estimate of drug-likeness (QED) is 0.164. The Labute approximate surface area is 334 Å². The van der Waals surface area contributed by atoms with Gasteiger partial charge in [-0.3, -0.25) is 9.98 Å². The largest absolute Gasteiger partial charge is 0.261 e. The molecule has 0 radical (unpaired) electrons. The summed E-state index contributed by atoms with van der Waals surface area (Å²) < 4.78 is 0. The van der Waals surface area contributed by atoms with Crippen LogP contribution in [-0.2, 0) is 0 Å². The minimum atomic E-state index is 0.467. The van der Waals surface area contributed by atoms with Crippen molar-refractivity contribution in [3.05, 3.63) is 192 Å². The molecule has 274 valence electrons. The molecule has 0 amide bonds. The fraction of sp³-hybridized carbons (Fsp3) is 0.132. The van der Waals surface area contributed by atoms with E-state index < -0.39 is 0 Å². The Morgan fingerprint density at radius 2 is 1.23 bits per heavy atom. The molecule has 0 bridgehead atoms. The molecule has 3 aliphatic rings. The summed E-state index contributed by atoms with van der Waals surface area (Å²) in [5.41, 5.74) is 16.7. The van der Waals surface area contributed by atoms with Gasteiger partial charge in [0, 0.05) is 34.8 Å². The van der Waals surface area contributed by atoms with E-state index in [0.717, 1.165) is 88.3 Å². The first-order valence-electron chi connectivity index (χ1n) is 20.1. The molecule has 10 rings (SSSR count). The van der Waals surface area contributed by atoms with Gasteiger partial charge in [0.2, 0.25) is 0 Å². The Morgan fingerprint density at radius 1 is 0.544 bits per heavy atom. The van der Waals surface area contributed by atoms with Gasteiger partial charge in [0.1, 0.15) is 0 Å². The second-order valence-electron chi connectivity index (χ2n) is 15.3. The van der Waals surface area contributed by atoms with E-state index in [-0.39, 0.29) is 0 Å². The highest BCUT2D eigenvalue weighted by molar-refractivity contribution is 6.02. The van der Waals surface area contributed by atoms with Crippen molar-refractivity contribution in [1.29, 1.82) is 0 Å². The van der Waals surface area contributed by atoms with Crippen molar-refractivity contribution in [3.63, 3.8) is 0 Å². The third kappa shape index (κ3) is 6.89. The second-order valence-corrected chi connectivity index (χ2v) is 15.3. The van der Waals surface area contributed by atoms with Crippen LogP contribution in [-0.4, -0.2) is 21.9 Å². The van der Waals surface area contributed by atoms with Gasteiger partial charge in [-0.25, -0.2) is 9.97 Å². The summed E-state index contributed by atoms with van der Waals surface area (Å²) in [5.74, 6) is 1.16. The van der Waals surface area contributed by atoms with Crippen LogP contribution in [0.15, 0.2) is 174 Å². The molecule has 1 unspecified atom stereocenters. The number of hydrogen-bond donors (Lipinski definition) is 0. The number of hydrogen-bond acceptors (Lipinski definition) is 4. The molecule has 1 aliphatic carbocycles. The van der Waals surface area contributed by atoms with Gasteiger partial charge in [-0.2, -0.15) is 0 Å². The maximum Gasteiger partial charge on any atom is 0.160 e. The molecule has 4 nitrogen and oxygen atoms in total.